The first-order valence-corrected chi connectivity index (χ1v) is 5.07. The van der Waals surface area contributed by atoms with Gasteiger partial charge in [0.25, 0.3) is 0 Å². The van der Waals surface area contributed by atoms with E-state index in [1.54, 1.807) is 0 Å². The van der Waals surface area contributed by atoms with Gasteiger partial charge in [0.15, 0.2) is 0 Å². The van der Waals surface area contributed by atoms with Crippen LogP contribution in [0, 0.1) is 6.92 Å². The third-order valence-corrected chi connectivity index (χ3v) is 2.34. The van der Waals surface area contributed by atoms with Gasteiger partial charge in [-0.1, -0.05) is 17.7 Å². The standard InChI is InChI=1S/C10H12F2OS/c1-8-2-4-9(5-3-8)14-13-7-6-10(11)12/h2-5,10H,6-7H2,1H3. The first kappa shape index (κ1) is 11.5. The van der Waals surface area contributed by atoms with Crippen LogP contribution in [0.15, 0.2) is 29.2 Å². The average molecular weight is 218 g/mol. The molecule has 0 amide bonds. The maximum Gasteiger partial charge on any atom is 0.240 e. The summed E-state index contributed by atoms with van der Waals surface area (Å²) in [6.07, 6.45) is -2.49. The molecule has 0 atom stereocenters. The van der Waals surface area contributed by atoms with Crippen LogP contribution in [0.2, 0.25) is 0 Å². The topological polar surface area (TPSA) is 9.23 Å². The molecule has 0 saturated heterocycles. The van der Waals surface area contributed by atoms with Crippen molar-refractivity contribution in [2.45, 2.75) is 24.7 Å². The van der Waals surface area contributed by atoms with Crippen LogP contribution in [-0.4, -0.2) is 13.0 Å². The molecule has 0 aliphatic carbocycles. The lowest BCUT2D eigenvalue weighted by molar-refractivity contribution is 0.119. The number of hydrogen-bond acceptors (Lipinski definition) is 2. The van der Waals surface area contributed by atoms with Gasteiger partial charge in [-0.2, -0.15) is 0 Å². The molecule has 1 rings (SSSR count). The third kappa shape index (κ3) is 4.58. The van der Waals surface area contributed by atoms with Crippen LogP contribution in [0.1, 0.15) is 12.0 Å². The Bertz CT molecular complexity index is 261. The fraction of sp³-hybridized carbons (Fsp3) is 0.400. The highest BCUT2D eigenvalue weighted by molar-refractivity contribution is 7.94. The maximum atomic E-state index is 11.7. The fourth-order valence-electron chi connectivity index (χ4n) is 0.841. The Hall–Kier alpha value is -0.610. The summed E-state index contributed by atoms with van der Waals surface area (Å²) in [5.41, 5.74) is 1.17. The number of hydrogen-bond donors (Lipinski definition) is 0. The molecule has 0 aromatic heterocycles. The zero-order valence-electron chi connectivity index (χ0n) is 7.87. The molecule has 0 N–H and O–H groups in total. The van der Waals surface area contributed by atoms with E-state index in [0.717, 1.165) is 16.9 Å². The highest BCUT2D eigenvalue weighted by Gasteiger charge is 2.02. The molecule has 0 saturated carbocycles. The van der Waals surface area contributed by atoms with Crippen LogP contribution >= 0.6 is 12.0 Å². The van der Waals surface area contributed by atoms with Gasteiger partial charge in [0, 0.05) is 23.4 Å². The van der Waals surface area contributed by atoms with Crippen molar-refractivity contribution >= 4 is 12.0 Å². The molecule has 14 heavy (non-hydrogen) atoms. The Morgan fingerprint density at radius 1 is 1.29 bits per heavy atom. The molecular weight excluding hydrogens is 206 g/mol. The summed E-state index contributed by atoms with van der Waals surface area (Å²) in [5, 5.41) is 0. The maximum absolute atomic E-state index is 11.7. The minimum Gasteiger partial charge on any atom is -0.310 e. The number of aryl methyl sites for hydroxylation is 1. The van der Waals surface area contributed by atoms with Crippen molar-refractivity contribution in [3.63, 3.8) is 0 Å². The van der Waals surface area contributed by atoms with E-state index >= 15 is 0 Å². The number of halogens is 2. The van der Waals surface area contributed by atoms with E-state index in [0.29, 0.717) is 0 Å². The summed E-state index contributed by atoms with van der Waals surface area (Å²) >= 11 is 1.14. The van der Waals surface area contributed by atoms with Crippen molar-refractivity contribution in [3.05, 3.63) is 29.8 Å². The summed E-state index contributed by atoms with van der Waals surface area (Å²) in [6, 6.07) is 7.72. The van der Waals surface area contributed by atoms with Crippen molar-refractivity contribution in [1.29, 1.82) is 0 Å². The van der Waals surface area contributed by atoms with Crippen LogP contribution < -0.4 is 0 Å². The molecule has 0 unspecified atom stereocenters. The smallest absolute Gasteiger partial charge is 0.240 e. The van der Waals surface area contributed by atoms with E-state index in [-0.39, 0.29) is 13.0 Å². The minimum absolute atomic E-state index is 0.0796. The van der Waals surface area contributed by atoms with Gasteiger partial charge in [0.1, 0.15) is 0 Å². The van der Waals surface area contributed by atoms with Gasteiger partial charge in [-0.05, 0) is 19.1 Å². The van der Waals surface area contributed by atoms with Crippen LogP contribution in [0.5, 0.6) is 0 Å². The molecule has 0 bridgehead atoms. The highest BCUT2D eigenvalue weighted by atomic mass is 32.2. The molecule has 1 aromatic rings. The van der Waals surface area contributed by atoms with E-state index < -0.39 is 6.43 Å². The summed E-state index contributed by atoms with van der Waals surface area (Å²) in [4.78, 5) is 0.935. The molecule has 0 spiro atoms. The van der Waals surface area contributed by atoms with Crippen molar-refractivity contribution < 1.29 is 13.0 Å². The Morgan fingerprint density at radius 2 is 1.93 bits per heavy atom. The monoisotopic (exact) mass is 218 g/mol. The Balaban J connectivity index is 2.21. The zero-order chi connectivity index (χ0) is 10.4. The van der Waals surface area contributed by atoms with Gasteiger partial charge in [0.2, 0.25) is 6.43 Å². The molecule has 1 nitrogen and oxygen atoms in total. The van der Waals surface area contributed by atoms with E-state index in [9.17, 15) is 8.78 Å². The molecule has 0 fully saturated rings. The summed E-state index contributed by atoms with van der Waals surface area (Å²) in [7, 11) is 0. The van der Waals surface area contributed by atoms with E-state index in [2.05, 4.69) is 0 Å². The van der Waals surface area contributed by atoms with Crippen molar-refractivity contribution in [2.75, 3.05) is 6.61 Å². The predicted molar refractivity (Wildman–Crippen MR) is 53.6 cm³/mol. The van der Waals surface area contributed by atoms with Crippen LogP contribution in [0.4, 0.5) is 8.78 Å². The molecule has 78 valence electrons. The molecule has 0 aliphatic rings. The highest BCUT2D eigenvalue weighted by Crippen LogP contribution is 2.19. The van der Waals surface area contributed by atoms with Crippen LogP contribution in [-0.2, 0) is 4.18 Å². The second-order valence-corrected chi connectivity index (χ2v) is 3.77. The van der Waals surface area contributed by atoms with Crippen LogP contribution in [0.3, 0.4) is 0 Å². The average Bonchev–Trinajstić information content (AvgIpc) is 2.15. The van der Waals surface area contributed by atoms with Gasteiger partial charge in [-0.15, -0.1) is 0 Å². The molecular formula is C10H12F2OS. The van der Waals surface area contributed by atoms with Gasteiger partial charge < -0.3 is 4.18 Å². The molecule has 0 radical (unpaired) electrons. The SMILES string of the molecule is Cc1ccc(SOCCC(F)F)cc1. The molecule has 1 aromatic carbocycles. The molecule has 0 aliphatic heterocycles. The number of rotatable bonds is 5. The Kier molecular flexibility index (Phi) is 4.90. The summed E-state index contributed by atoms with van der Waals surface area (Å²) < 4.78 is 28.5. The quantitative estimate of drug-likeness (QED) is 0.551. The first-order valence-electron chi connectivity index (χ1n) is 4.33. The molecule has 4 heteroatoms. The van der Waals surface area contributed by atoms with E-state index in [1.807, 2.05) is 31.2 Å². The van der Waals surface area contributed by atoms with Crippen LogP contribution in [0.25, 0.3) is 0 Å². The second kappa shape index (κ2) is 5.98. The van der Waals surface area contributed by atoms with Crippen molar-refractivity contribution in [1.82, 2.24) is 0 Å². The summed E-state index contributed by atoms with van der Waals surface area (Å²) in [6.45, 7) is 2.07. The molecule has 0 heterocycles. The Labute approximate surface area is 86.7 Å². The van der Waals surface area contributed by atoms with Crippen molar-refractivity contribution in [2.24, 2.45) is 0 Å². The second-order valence-electron chi connectivity index (χ2n) is 2.90. The minimum atomic E-state index is -2.28. The summed E-state index contributed by atoms with van der Waals surface area (Å²) in [5.74, 6) is 0. The fourth-order valence-corrected chi connectivity index (χ4v) is 1.40. The normalized spacial score (nSPS) is 10.9. The van der Waals surface area contributed by atoms with E-state index in [1.165, 1.54) is 5.56 Å². The Morgan fingerprint density at radius 3 is 2.50 bits per heavy atom. The van der Waals surface area contributed by atoms with Gasteiger partial charge >= 0.3 is 0 Å². The third-order valence-electron chi connectivity index (χ3n) is 1.60. The van der Waals surface area contributed by atoms with Crippen molar-refractivity contribution in [3.8, 4) is 0 Å². The number of alkyl halides is 2. The largest absolute Gasteiger partial charge is 0.310 e. The zero-order valence-corrected chi connectivity index (χ0v) is 8.69. The van der Waals surface area contributed by atoms with E-state index in [4.69, 9.17) is 4.18 Å². The first-order chi connectivity index (χ1) is 6.68. The van der Waals surface area contributed by atoms with Gasteiger partial charge in [-0.3, -0.25) is 0 Å². The lowest BCUT2D eigenvalue weighted by Crippen LogP contribution is -1.95. The lowest BCUT2D eigenvalue weighted by Gasteiger charge is -2.02. The predicted octanol–water partition coefficient (Wildman–Crippen LogP) is 3.67. The van der Waals surface area contributed by atoms with Gasteiger partial charge in [0.05, 0.1) is 6.61 Å². The van der Waals surface area contributed by atoms with Gasteiger partial charge in [-0.25, -0.2) is 8.78 Å². The number of benzene rings is 1. The lowest BCUT2D eigenvalue weighted by atomic mass is 10.2.